The second kappa shape index (κ2) is 9.46. The van der Waals surface area contributed by atoms with Crippen molar-refractivity contribution in [1.29, 1.82) is 0 Å². The highest BCUT2D eigenvalue weighted by molar-refractivity contribution is 8.15. The zero-order chi connectivity index (χ0) is 17.2. The van der Waals surface area contributed by atoms with Crippen LogP contribution in [0, 0.1) is 0 Å². The summed E-state index contributed by atoms with van der Waals surface area (Å²) < 4.78 is 4.89. The molecule has 1 aromatic carbocycles. The van der Waals surface area contributed by atoms with Crippen molar-refractivity contribution in [2.24, 2.45) is 0 Å². The van der Waals surface area contributed by atoms with Gasteiger partial charge in [0.2, 0.25) is 0 Å². The fraction of sp³-hybridized carbons (Fsp3) is 0.286. The van der Waals surface area contributed by atoms with E-state index in [4.69, 9.17) is 14.9 Å². The zero-order valence-corrected chi connectivity index (χ0v) is 12.7. The highest BCUT2D eigenvalue weighted by atomic mass is 32.2. The molecule has 0 saturated heterocycles. The molecule has 0 spiro atoms. The van der Waals surface area contributed by atoms with Gasteiger partial charge in [0.25, 0.3) is 5.12 Å². The predicted molar refractivity (Wildman–Crippen MR) is 80.9 cm³/mol. The first-order valence-corrected chi connectivity index (χ1v) is 7.48. The zero-order valence-electron chi connectivity index (χ0n) is 11.9. The second-order valence-corrected chi connectivity index (χ2v) is 5.39. The van der Waals surface area contributed by atoms with Crippen molar-refractivity contribution in [3.8, 4) is 0 Å². The van der Waals surface area contributed by atoms with Crippen LogP contribution in [0.3, 0.4) is 0 Å². The van der Waals surface area contributed by atoms with Crippen LogP contribution in [0.4, 0.5) is 4.79 Å². The Morgan fingerprint density at radius 3 is 2.35 bits per heavy atom. The largest absolute Gasteiger partial charge is 0.480 e. The van der Waals surface area contributed by atoms with Gasteiger partial charge in [-0.15, -0.1) is 0 Å². The summed E-state index contributed by atoms with van der Waals surface area (Å²) in [5.41, 5.74) is 0.747. The molecule has 0 heterocycles. The Hall–Kier alpha value is -2.55. The van der Waals surface area contributed by atoms with E-state index in [1.807, 2.05) is 0 Å². The van der Waals surface area contributed by atoms with E-state index in [9.17, 15) is 19.2 Å². The molecule has 124 valence electrons. The number of rotatable bonds is 7. The van der Waals surface area contributed by atoms with Crippen LogP contribution in [-0.4, -0.2) is 45.2 Å². The van der Waals surface area contributed by atoms with Gasteiger partial charge in [0, 0.05) is 5.75 Å². The summed E-state index contributed by atoms with van der Waals surface area (Å²) in [6.07, 6.45) is -1.02. The normalized spacial score (nSPS) is 11.3. The molecule has 0 aliphatic rings. The lowest BCUT2D eigenvalue weighted by Crippen LogP contribution is -2.41. The molecule has 0 fully saturated rings. The van der Waals surface area contributed by atoms with Crippen LogP contribution in [0.15, 0.2) is 30.3 Å². The second-order valence-electron chi connectivity index (χ2n) is 4.33. The number of ether oxygens (including phenoxy) is 1. The number of carboxylic acid groups (broad SMARTS) is 2. The quantitative estimate of drug-likeness (QED) is 0.629. The van der Waals surface area contributed by atoms with E-state index >= 15 is 0 Å². The molecule has 1 rings (SSSR count). The number of thioether (sulfide) groups is 1. The minimum atomic E-state index is -1.60. The van der Waals surface area contributed by atoms with Crippen molar-refractivity contribution in [1.82, 2.24) is 5.32 Å². The Bertz CT molecular complexity index is 576. The Labute approximate surface area is 135 Å². The summed E-state index contributed by atoms with van der Waals surface area (Å²) in [7, 11) is 0. The predicted octanol–water partition coefficient (Wildman–Crippen LogP) is 1.10. The number of aliphatic carboxylic acids is 2. The maximum absolute atomic E-state index is 11.6. The van der Waals surface area contributed by atoms with Gasteiger partial charge in [0.15, 0.2) is 0 Å². The number of amides is 1. The van der Waals surface area contributed by atoms with Gasteiger partial charge in [0.1, 0.15) is 12.6 Å². The Balaban J connectivity index is 2.39. The number of carbonyl (C=O) groups is 4. The summed E-state index contributed by atoms with van der Waals surface area (Å²) >= 11 is 0.474. The molecule has 23 heavy (non-hydrogen) atoms. The number of benzene rings is 1. The number of carbonyl (C=O) groups excluding carboxylic acids is 2. The average Bonchev–Trinajstić information content (AvgIpc) is 2.52. The fourth-order valence-electron chi connectivity index (χ4n) is 1.50. The molecular formula is C14H15NO7S. The van der Waals surface area contributed by atoms with E-state index in [1.54, 1.807) is 30.3 Å². The highest BCUT2D eigenvalue weighted by Gasteiger charge is 2.22. The lowest BCUT2D eigenvalue weighted by atomic mass is 10.2. The number of nitrogens with one attached hydrogen (secondary N) is 1. The molecule has 0 aliphatic carbocycles. The van der Waals surface area contributed by atoms with Crippen LogP contribution >= 0.6 is 11.8 Å². The van der Waals surface area contributed by atoms with E-state index < -0.39 is 29.2 Å². The Morgan fingerprint density at radius 2 is 1.78 bits per heavy atom. The average molecular weight is 341 g/mol. The lowest BCUT2D eigenvalue weighted by Gasteiger charge is -2.14. The van der Waals surface area contributed by atoms with E-state index in [-0.39, 0.29) is 18.8 Å². The van der Waals surface area contributed by atoms with Crippen molar-refractivity contribution in [2.45, 2.75) is 19.1 Å². The molecule has 3 N–H and O–H groups in total. The van der Waals surface area contributed by atoms with Gasteiger partial charge in [-0.3, -0.25) is 4.79 Å². The van der Waals surface area contributed by atoms with Crippen molar-refractivity contribution < 1.29 is 34.1 Å². The van der Waals surface area contributed by atoms with Crippen LogP contribution in [0.2, 0.25) is 0 Å². The number of hydrogen-bond donors (Lipinski definition) is 3. The van der Waals surface area contributed by atoms with E-state index in [0.29, 0.717) is 11.8 Å². The van der Waals surface area contributed by atoms with Gasteiger partial charge in [0.05, 0.1) is 0 Å². The first-order chi connectivity index (χ1) is 10.9. The molecule has 8 nitrogen and oxygen atoms in total. The maximum Gasteiger partial charge on any atom is 0.408 e. The number of carboxylic acids is 2. The summed E-state index contributed by atoms with van der Waals surface area (Å²) in [5.74, 6) is -2.96. The van der Waals surface area contributed by atoms with Gasteiger partial charge >= 0.3 is 18.0 Å². The van der Waals surface area contributed by atoms with Gasteiger partial charge in [-0.2, -0.15) is 0 Å². The molecule has 1 atom stereocenters. The van der Waals surface area contributed by atoms with Gasteiger partial charge < -0.3 is 20.3 Å². The molecule has 1 unspecified atom stereocenters. The molecule has 1 amide bonds. The summed E-state index contributed by atoms with van der Waals surface area (Å²) in [4.78, 5) is 43.8. The van der Waals surface area contributed by atoms with Crippen molar-refractivity contribution in [3.05, 3.63) is 35.9 Å². The van der Waals surface area contributed by atoms with Crippen LogP contribution in [-0.2, 0) is 25.7 Å². The maximum atomic E-state index is 11.6. The summed E-state index contributed by atoms with van der Waals surface area (Å²) in [6, 6.07) is 7.57. The molecule has 0 aromatic heterocycles. The van der Waals surface area contributed by atoms with Crippen LogP contribution in [0.25, 0.3) is 0 Å². The van der Waals surface area contributed by atoms with Gasteiger partial charge in [-0.05, 0) is 12.0 Å². The van der Waals surface area contributed by atoms with Crippen molar-refractivity contribution in [2.75, 3.05) is 5.75 Å². The number of alkyl carbamates (subject to hydrolysis) is 1. The van der Waals surface area contributed by atoms with Gasteiger partial charge in [-0.1, -0.05) is 42.1 Å². The molecule has 0 bridgehead atoms. The monoisotopic (exact) mass is 341 g/mol. The first kappa shape index (κ1) is 18.5. The van der Waals surface area contributed by atoms with Crippen molar-refractivity contribution in [3.63, 3.8) is 0 Å². The molecule has 0 aliphatic heterocycles. The molecule has 0 radical (unpaired) electrons. The third-order valence-electron chi connectivity index (χ3n) is 2.62. The van der Waals surface area contributed by atoms with Crippen LogP contribution in [0.1, 0.15) is 12.0 Å². The van der Waals surface area contributed by atoms with E-state index in [0.717, 1.165) is 5.56 Å². The third-order valence-corrected chi connectivity index (χ3v) is 3.49. The first-order valence-electron chi connectivity index (χ1n) is 6.50. The third kappa shape index (κ3) is 7.32. The van der Waals surface area contributed by atoms with Crippen LogP contribution < -0.4 is 5.32 Å². The highest BCUT2D eigenvalue weighted by Crippen LogP contribution is 2.07. The van der Waals surface area contributed by atoms with Crippen LogP contribution in [0.5, 0.6) is 0 Å². The number of hydrogen-bond acceptors (Lipinski definition) is 6. The van der Waals surface area contributed by atoms with E-state index in [2.05, 4.69) is 5.32 Å². The summed E-state index contributed by atoms with van der Waals surface area (Å²) in [5, 5.41) is 18.5. The molecule has 1 aromatic rings. The smallest absolute Gasteiger partial charge is 0.408 e. The molecule has 9 heteroatoms. The minimum Gasteiger partial charge on any atom is -0.480 e. The fourth-order valence-corrected chi connectivity index (χ4v) is 2.16. The Kier molecular flexibility index (Phi) is 7.61. The van der Waals surface area contributed by atoms with Gasteiger partial charge in [-0.25, -0.2) is 14.4 Å². The van der Waals surface area contributed by atoms with Crippen molar-refractivity contribution >= 4 is 34.9 Å². The topological polar surface area (TPSA) is 130 Å². The Morgan fingerprint density at radius 1 is 1.13 bits per heavy atom. The standard InChI is InChI=1S/C14H15NO7S/c16-11(17)10(6-7-23-13(20)12(18)19)15-14(21)22-8-9-4-2-1-3-5-9/h1-5,10H,6-8H2,(H,15,21)(H,16,17)(H,18,19). The summed E-state index contributed by atoms with van der Waals surface area (Å²) in [6.45, 7) is -0.00867. The molecular weight excluding hydrogens is 326 g/mol. The SMILES string of the molecule is O=C(NC(CCSC(=O)C(=O)O)C(=O)O)OCc1ccccc1. The molecule has 0 saturated carbocycles. The van der Waals surface area contributed by atoms with E-state index in [1.165, 1.54) is 0 Å². The lowest BCUT2D eigenvalue weighted by molar-refractivity contribution is -0.144. The minimum absolute atomic E-state index is 0.00867.